The highest BCUT2D eigenvalue weighted by Crippen LogP contribution is 2.38. The molecular weight excluding hydrogens is 257 g/mol. The zero-order valence-corrected chi connectivity index (χ0v) is 10.7. The molecule has 1 aromatic heterocycles. The lowest BCUT2D eigenvalue weighted by Gasteiger charge is -2.10. The minimum absolute atomic E-state index is 0.0428. The average molecular weight is 274 g/mol. The summed E-state index contributed by atoms with van der Waals surface area (Å²) in [4.78, 5) is 8.67. The molecule has 0 amide bonds. The van der Waals surface area contributed by atoms with Gasteiger partial charge in [-0.25, -0.2) is 9.97 Å². The van der Waals surface area contributed by atoms with Crippen LogP contribution in [0, 0.1) is 0 Å². The van der Waals surface area contributed by atoms with Crippen LogP contribution in [-0.4, -0.2) is 29.7 Å². The molecule has 0 saturated heterocycles. The largest absolute Gasteiger partial charge is 0.389 e. The van der Waals surface area contributed by atoms with E-state index >= 15 is 0 Å². The maximum atomic E-state index is 12.0. The van der Waals surface area contributed by atoms with E-state index < -0.39 is 12.6 Å². The Morgan fingerprint density at radius 1 is 1.26 bits per heavy atom. The van der Waals surface area contributed by atoms with Crippen LogP contribution >= 0.6 is 0 Å². The first kappa shape index (κ1) is 13.9. The van der Waals surface area contributed by atoms with Gasteiger partial charge in [-0.3, -0.25) is 0 Å². The summed E-state index contributed by atoms with van der Waals surface area (Å²) < 4.78 is 36.0. The number of hydrogen-bond acceptors (Lipinski definition) is 4. The molecule has 2 rings (SSSR count). The fourth-order valence-electron chi connectivity index (χ4n) is 1.71. The number of rotatable bonds is 6. The third-order valence-electron chi connectivity index (χ3n) is 2.89. The van der Waals surface area contributed by atoms with Gasteiger partial charge < -0.3 is 10.6 Å². The average Bonchev–Trinajstić information content (AvgIpc) is 3.17. The summed E-state index contributed by atoms with van der Waals surface area (Å²) in [6.07, 6.45) is -2.66. The standard InChI is InChI=1S/C12H17F3N4/c1-16-9-7-10(17-6-2-5-12(13,14)15)19-11(18-9)8-3-4-8/h7-8H,2-6H2,1H3,(H2,16,17,18,19). The summed E-state index contributed by atoms with van der Waals surface area (Å²) in [5, 5.41) is 5.86. The predicted octanol–water partition coefficient (Wildman–Crippen LogP) is 3.15. The lowest BCUT2D eigenvalue weighted by molar-refractivity contribution is -0.134. The van der Waals surface area contributed by atoms with Crippen LogP contribution in [0.4, 0.5) is 24.8 Å². The van der Waals surface area contributed by atoms with Crippen molar-refractivity contribution in [2.45, 2.75) is 37.8 Å². The topological polar surface area (TPSA) is 49.8 Å². The van der Waals surface area contributed by atoms with E-state index in [0.717, 1.165) is 18.7 Å². The van der Waals surface area contributed by atoms with Gasteiger partial charge in [-0.1, -0.05) is 0 Å². The van der Waals surface area contributed by atoms with Crippen molar-refractivity contribution in [3.05, 3.63) is 11.9 Å². The SMILES string of the molecule is CNc1cc(NCCCC(F)(F)F)nc(C2CC2)n1. The second-order valence-electron chi connectivity index (χ2n) is 4.67. The Hall–Kier alpha value is -1.53. The molecule has 1 fully saturated rings. The highest BCUT2D eigenvalue weighted by molar-refractivity contribution is 5.47. The van der Waals surface area contributed by atoms with Gasteiger partial charge in [0, 0.05) is 32.0 Å². The first-order valence-electron chi connectivity index (χ1n) is 6.35. The van der Waals surface area contributed by atoms with E-state index in [1.165, 1.54) is 0 Å². The Bertz CT molecular complexity index is 429. The van der Waals surface area contributed by atoms with Crippen molar-refractivity contribution < 1.29 is 13.2 Å². The normalized spacial score (nSPS) is 15.4. The summed E-state index contributed by atoms with van der Waals surface area (Å²) in [6, 6.07) is 1.71. The maximum Gasteiger partial charge on any atom is 0.389 e. The molecule has 1 saturated carbocycles. The molecule has 0 bridgehead atoms. The van der Waals surface area contributed by atoms with Crippen molar-refractivity contribution in [2.24, 2.45) is 0 Å². The Morgan fingerprint density at radius 3 is 2.53 bits per heavy atom. The molecule has 1 aliphatic rings. The van der Waals surface area contributed by atoms with Gasteiger partial charge in [0.1, 0.15) is 17.5 Å². The number of hydrogen-bond donors (Lipinski definition) is 2. The Kier molecular flexibility index (Phi) is 4.11. The molecule has 0 unspecified atom stereocenters. The number of aromatic nitrogens is 2. The molecule has 1 aliphatic carbocycles. The molecule has 1 aromatic rings. The van der Waals surface area contributed by atoms with E-state index in [0.29, 0.717) is 17.6 Å². The second-order valence-corrected chi connectivity index (χ2v) is 4.67. The second kappa shape index (κ2) is 5.63. The zero-order chi connectivity index (χ0) is 13.9. The van der Waals surface area contributed by atoms with E-state index in [1.807, 2.05) is 0 Å². The van der Waals surface area contributed by atoms with Crippen LogP contribution in [-0.2, 0) is 0 Å². The fourth-order valence-corrected chi connectivity index (χ4v) is 1.71. The Balaban J connectivity index is 1.90. The van der Waals surface area contributed by atoms with Crippen molar-refractivity contribution in [3.8, 4) is 0 Å². The summed E-state index contributed by atoms with van der Waals surface area (Å²) in [7, 11) is 1.76. The van der Waals surface area contributed by atoms with Crippen molar-refractivity contribution in [3.63, 3.8) is 0 Å². The molecule has 0 spiro atoms. The number of nitrogens with one attached hydrogen (secondary N) is 2. The number of anilines is 2. The quantitative estimate of drug-likeness (QED) is 0.782. The highest BCUT2D eigenvalue weighted by atomic mass is 19.4. The summed E-state index contributed by atoms with van der Waals surface area (Å²) >= 11 is 0. The van der Waals surface area contributed by atoms with Crippen molar-refractivity contribution >= 4 is 11.6 Å². The van der Waals surface area contributed by atoms with E-state index in [9.17, 15) is 13.2 Å². The molecular formula is C12H17F3N4. The van der Waals surface area contributed by atoms with Gasteiger partial charge in [0.2, 0.25) is 0 Å². The fraction of sp³-hybridized carbons (Fsp3) is 0.667. The van der Waals surface area contributed by atoms with Gasteiger partial charge >= 0.3 is 6.18 Å². The minimum atomic E-state index is -4.09. The molecule has 19 heavy (non-hydrogen) atoms. The third-order valence-corrected chi connectivity index (χ3v) is 2.89. The molecule has 1 heterocycles. The van der Waals surface area contributed by atoms with Crippen LogP contribution in [0.25, 0.3) is 0 Å². The first-order valence-corrected chi connectivity index (χ1v) is 6.35. The number of alkyl halides is 3. The Labute approximate surface area is 109 Å². The van der Waals surface area contributed by atoms with Gasteiger partial charge in [0.25, 0.3) is 0 Å². The van der Waals surface area contributed by atoms with Gasteiger partial charge in [-0.05, 0) is 19.3 Å². The number of nitrogens with zero attached hydrogens (tertiary/aromatic N) is 2. The maximum absolute atomic E-state index is 12.0. The van der Waals surface area contributed by atoms with Crippen molar-refractivity contribution in [1.29, 1.82) is 0 Å². The van der Waals surface area contributed by atoms with Gasteiger partial charge in [0.05, 0.1) is 0 Å². The van der Waals surface area contributed by atoms with Crippen LogP contribution in [0.3, 0.4) is 0 Å². The monoisotopic (exact) mass is 274 g/mol. The van der Waals surface area contributed by atoms with Crippen LogP contribution < -0.4 is 10.6 Å². The van der Waals surface area contributed by atoms with Crippen molar-refractivity contribution in [1.82, 2.24) is 9.97 Å². The smallest absolute Gasteiger partial charge is 0.373 e. The van der Waals surface area contributed by atoms with E-state index in [-0.39, 0.29) is 13.0 Å². The first-order chi connectivity index (χ1) is 8.98. The third kappa shape index (κ3) is 4.57. The van der Waals surface area contributed by atoms with Crippen molar-refractivity contribution in [2.75, 3.05) is 24.2 Å². The highest BCUT2D eigenvalue weighted by Gasteiger charge is 2.28. The summed E-state index contributed by atoms with van der Waals surface area (Å²) in [6.45, 7) is 0.254. The van der Waals surface area contributed by atoms with E-state index in [4.69, 9.17) is 0 Å². The molecule has 106 valence electrons. The summed E-state index contributed by atoms with van der Waals surface area (Å²) in [5.41, 5.74) is 0. The van der Waals surface area contributed by atoms with Crippen LogP contribution in [0.15, 0.2) is 6.07 Å². The molecule has 0 atom stereocenters. The minimum Gasteiger partial charge on any atom is -0.373 e. The van der Waals surface area contributed by atoms with Crippen LogP contribution in [0.1, 0.15) is 37.4 Å². The lowest BCUT2D eigenvalue weighted by Crippen LogP contribution is -2.12. The van der Waals surface area contributed by atoms with Gasteiger partial charge in [0.15, 0.2) is 0 Å². The Morgan fingerprint density at radius 2 is 1.95 bits per heavy atom. The van der Waals surface area contributed by atoms with Crippen LogP contribution in [0.2, 0.25) is 0 Å². The molecule has 2 N–H and O–H groups in total. The van der Waals surface area contributed by atoms with Gasteiger partial charge in [-0.15, -0.1) is 0 Å². The molecule has 0 aromatic carbocycles. The molecule has 4 nitrogen and oxygen atoms in total. The molecule has 7 heteroatoms. The zero-order valence-electron chi connectivity index (χ0n) is 10.7. The van der Waals surface area contributed by atoms with E-state index in [2.05, 4.69) is 20.6 Å². The number of halogens is 3. The lowest BCUT2D eigenvalue weighted by atomic mass is 10.3. The predicted molar refractivity (Wildman–Crippen MR) is 67.3 cm³/mol. The summed E-state index contributed by atoms with van der Waals surface area (Å²) in [5.74, 6) is 2.45. The molecule has 0 radical (unpaired) electrons. The molecule has 0 aliphatic heterocycles. The van der Waals surface area contributed by atoms with Gasteiger partial charge in [-0.2, -0.15) is 13.2 Å². The van der Waals surface area contributed by atoms with E-state index in [1.54, 1.807) is 13.1 Å². The van der Waals surface area contributed by atoms with Crippen LogP contribution in [0.5, 0.6) is 0 Å².